The van der Waals surface area contributed by atoms with Crippen LogP contribution in [-0.2, 0) is 11.2 Å². The minimum absolute atomic E-state index is 0.0550. The molecule has 122 valence electrons. The average molecular weight is 350 g/mol. The van der Waals surface area contributed by atoms with Gasteiger partial charge < -0.3 is 10.1 Å². The zero-order chi connectivity index (χ0) is 16.5. The fourth-order valence-corrected chi connectivity index (χ4v) is 3.34. The number of ether oxygens (including phenoxy) is 1. The van der Waals surface area contributed by atoms with Crippen molar-refractivity contribution in [3.63, 3.8) is 0 Å². The Morgan fingerprint density at radius 3 is 2.70 bits per heavy atom. The van der Waals surface area contributed by atoms with Crippen molar-refractivity contribution < 1.29 is 9.53 Å². The summed E-state index contributed by atoms with van der Waals surface area (Å²) in [4.78, 5) is 12.9. The van der Waals surface area contributed by atoms with Crippen LogP contribution in [0.2, 0.25) is 5.02 Å². The first-order valence-electron chi connectivity index (χ1n) is 7.46. The van der Waals surface area contributed by atoms with E-state index in [1.807, 2.05) is 48.5 Å². The summed E-state index contributed by atoms with van der Waals surface area (Å²) in [7, 11) is 1.66. The van der Waals surface area contributed by atoms with E-state index in [0.29, 0.717) is 18.7 Å². The van der Waals surface area contributed by atoms with E-state index in [9.17, 15) is 4.79 Å². The van der Waals surface area contributed by atoms with Crippen molar-refractivity contribution in [2.75, 3.05) is 19.4 Å². The Bertz CT molecular complexity index is 648. The number of nitrogens with one attached hydrogen (secondary N) is 1. The van der Waals surface area contributed by atoms with Gasteiger partial charge in [-0.25, -0.2) is 0 Å². The number of rotatable bonds is 8. The molecule has 1 amide bonds. The Labute approximate surface area is 146 Å². The van der Waals surface area contributed by atoms with E-state index >= 15 is 0 Å². The van der Waals surface area contributed by atoms with E-state index < -0.39 is 0 Å². The first-order valence-corrected chi connectivity index (χ1v) is 8.83. The second kappa shape index (κ2) is 9.48. The molecule has 0 spiro atoms. The lowest BCUT2D eigenvalue weighted by atomic mass is 10.1. The maximum Gasteiger partial charge on any atom is 0.220 e. The smallest absolute Gasteiger partial charge is 0.220 e. The second-order valence-electron chi connectivity index (χ2n) is 4.94. The molecule has 0 saturated heterocycles. The van der Waals surface area contributed by atoms with E-state index in [2.05, 4.69) is 5.32 Å². The van der Waals surface area contributed by atoms with Gasteiger partial charge in [-0.3, -0.25) is 4.79 Å². The number of benzene rings is 2. The summed E-state index contributed by atoms with van der Waals surface area (Å²) in [5.74, 6) is 1.63. The van der Waals surface area contributed by atoms with Crippen molar-refractivity contribution in [1.82, 2.24) is 5.32 Å². The molecule has 0 radical (unpaired) electrons. The number of hydrogen-bond acceptors (Lipinski definition) is 3. The molecular weight excluding hydrogens is 330 g/mol. The Balaban J connectivity index is 1.68. The van der Waals surface area contributed by atoms with Crippen LogP contribution in [0, 0.1) is 0 Å². The molecule has 0 aliphatic heterocycles. The first-order chi connectivity index (χ1) is 11.2. The number of hydrogen-bond donors (Lipinski definition) is 1. The van der Waals surface area contributed by atoms with Gasteiger partial charge >= 0.3 is 0 Å². The summed E-state index contributed by atoms with van der Waals surface area (Å²) in [5, 5.41) is 3.67. The molecule has 0 aliphatic rings. The highest BCUT2D eigenvalue weighted by atomic mass is 35.5. The highest BCUT2D eigenvalue weighted by Gasteiger charge is 2.05. The van der Waals surface area contributed by atoms with E-state index in [-0.39, 0.29) is 5.91 Å². The van der Waals surface area contributed by atoms with Crippen LogP contribution in [0.4, 0.5) is 0 Å². The molecule has 2 aromatic rings. The topological polar surface area (TPSA) is 38.3 Å². The Morgan fingerprint density at radius 1 is 1.17 bits per heavy atom. The minimum atomic E-state index is 0.0550. The molecule has 3 nitrogen and oxygen atoms in total. The van der Waals surface area contributed by atoms with Crippen molar-refractivity contribution in [2.45, 2.75) is 17.7 Å². The normalized spacial score (nSPS) is 10.3. The van der Waals surface area contributed by atoms with Crippen LogP contribution >= 0.6 is 23.4 Å². The molecule has 1 N–H and O–H groups in total. The standard InChI is InChI=1S/C18H20ClNO2S/c1-22-16-8-4-2-6-14(16)10-12-20-18(21)11-13-23-17-9-5-3-7-15(17)19/h2-9H,10-13H2,1H3,(H,20,21). The van der Waals surface area contributed by atoms with Gasteiger partial charge in [0.2, 0.25) is 5.91 Å². The number of carbonyl (C=O) groups excluding carboxylic acids is 1. The Morgan fingerprint density at radius 2 is 1.91 bits per heavy atom. The molecule has 0 aromatic heterocycles. The van der Waals surface area contributed by atoms with E-state index in [0.717, 1.165) is 27.7 Å². The lowest BCUT2D eigenvalue weighted by molar-refractivity contribution is -0.120. The van der Waals surface area contributed by atoms with Gasteiger partial charge in [0.1, 0.15) is 5.75 Å². The fourth-order valence-electron chi connectivity index (χ4n) is 2.15. The molecule has 5 heteroatoms. The number of para-hydroxylation sites is 1. The fraction of sp³-hybridized carbons (Fsp3) is 0.278. The van der Waals surface area contributed by atoms with Crippen LogP contribution in [0.15, 0.2) is 53.4 Å². The molecule has 0 saturated carbocycles. The van der Waals surface area contributed by atoms with Crippen molar-refractivity contribution in [1.29, 1.82) is 0 Å². The number of halogens is 1. The van der Waals surface area contributed by atoms with Crippen LogP contribution in [0.5, 0.6) is 5.75 Å². The summed E-state index contributed by atoms with van der Waals surface area (Å²) >= 11 is 7.68. The molecule has 0 atom stereocenters. The van der Waals surface area contributed by atoms with Crippen molar-refractivity contribution in [3.8, 4) is 5.75 Å². The predicted octanol–water partition coefficient (Wildman–Crippen LogP) is 4.19. The van der Waals surface area contributed by atoms with Gasteiger partial charge in [-0.05, 0) is 30.2 Å². The molecule has 23 heavy (non-hydrogen) atoms. The monoisotopic (exact) mass is 349 g/mol. The highest BCUT2D eigenvalue weighted by molar-refractivity contribution is 7.99. The molecular formula is C18H20ClNO2S. The SMILES string of the molecule is COc1ccccc1CCNC(=O)CCSc1ccccc1Cl. The van der Waals surface area contributed by atoms with Gasteiger partial charge in [0.05, 0.1) is 12.1 Å². The maximum absolute atomic E-state index is 11.9. The van der Waals surface area contributed by atoms with Crippen molar-refractivity contribution >= 4 is 29.3 Å². The third-order valence-electron chi connectivity index (χ3n) is 3.33. The number of amides is 1. The molecule has 2 rings (SSSR count). The number of carbonyl (C=O) groups is 1. The quantitative estimate of drug-likeness (QED) is 0.726. The predicted molar refractivity (Wildman–Crippen MR) is 96.5 cm³/mol. The summed E-state index contributed by atoms with van der Waals surface area (Å²) in [5.41, 5.74) is 1.10. The Hall–Kier alpha value is -1.65. The van der Waals surface area contributed by atoms with Crippen molar-refractivity contribution in [2.24, 2.45) is 0 Å². The highest BCUT2D eigenvalue weighted by Crippen LogP contribution is 2.26. The largest absolute Gasteiger partial charge is 0.496 e. The summed E-state index contributed by atoms with van der Waals surface area (Å²) < 4.78 is 5.30. The van der Waals surface area contributed by atoms with Crippen LogP contribution in [0.25, 0.3) is 0 Å². The lowest BCUT2D eigenvalue weighted by Crippen LogP contribution is -2.26. The number of methoxy groups -OCH3 is 1. The lowest BCUT2D eigenvalue weighted by Gasteiger charge is -2.09. The van der Waals surface area contributed by atoms with E-state index in [1.54, 1.807) is 18.9 Å². The maximum atomic E-state index is 11.9. The van der Waals surface area contributed by atoms with E-state index in [4.69, 9.17) is 16.3 Å². The summed E-state index contributed by atoms with van der Waals surface area (Å²) in [6.45, 7) is 0.607. The van der Waals surface area contributed by atoms with Gasteiger partial charge in [-0.2, -0.15) is 0 Å². The second-order valence-corrected chi connectivity index (χ2v) is 6.48. The van der Waals surface area contributed by atoms with E-state index in [1.165, 1.54) is 0 Å². The van der Waals surface area contributed by atoms with Gasteiger partial charge in [-0.1, -0.05) is 41.9 Å². The molecule has 0 aliphatic carbocycles. The van der Waals surface area contributed by atoms with Crippen LogP contribution in [0.1, 0.15) is 12.0 Å². The van der Waals surface area contributed by atoms with Crippen molar-refractivity contribution in [3.05, 3.63) is 59.1 Å². The molecule has 0 unspecified atom stereocenters. The van der Waals surface area contributed by atoms with Crippen LogP contribution in [-0.4, -0.2) is 25.3 Å². The van der Waals surface area contributed by atoms with Crippen LogP contribution < -0.4 is 10.1 Å². The minimum Gasteiger partial charge on any atom is -0.496 e. The van der Waals surface area contributed by atoms with Gasteiger partial charge in [0, 0.05) is 23.6 Å². The molecule has 0 bridgehead atoms. The molecule has 2 aromatic carbocycles. The third-order valence-corrected chi connectivity index (χ3v) is 4.85. The van der Waals surface area contributed by atoms with Gasteiger partial charge in [0.25, 0.3) is 0 Å². The van der Waals surface area contributed by atoms with Gasteiger partial charge in [-0.15, -0.1) is 11.8 Å². The zero-order valence-electron chi connectivity index (χ0n) is 13.0. The summed E-state index contributed by atoms with van der Waals surface area (Å²) in [6, 6.07) is 15.5. The third kappa shape index (κ3) is 5.81. The Kier molecular flexibility index (Phi) is 7.30. The number of thioether (sulfide) groups is 1. The first kappa shape index (κ1) is 17.7. The van der Waals surface area contributed by atoms with Crippen LogP contribution in [0.3, 0.4) is 0 Å². The molecule has 0 heterocycles. The molecule has 0 fully saturated rings. The average Bonchev–Trinajstić information content (AvgIpc) is 2.57. The van der Waals surface area contributed by atoms with Gasteiger partial charge in [0.15, 0.2) is 0 Å². The zero-order valence-corrected chi connectivity index (χ0v) is 14.6. The summed E-state index contributed by atoms with van der Waals surface area (Å²) in [6.07, 6.45) is 1.23.